The lowest BCUT2D eigenvalue weighted by molar-refractivity contribution is -0.0976. The zero-order valence-corrected chi connectivity index (χ0v) is 13.2. The Labute approximate surface area is 139 Å². The second-order valence-electron chi connectivity index (χ2n) is 4.99. The first-order chi connectivity index (χ1) is 10.9. The van der Waals surface area contributed by atoms with Gasteiger partial charge >= 0.3 is 0 Å². The summed E-state index contributed by atoms with van der Waals surface area (Å²) >= 11 is 6.57. The van der Waals surface area contributed by atoms with E-state index in [1.807, 2.05) is 0 Å². The Hall–Kier alpha value is -1.44. The van der Waals surface area contributed by atoms with Crippen LogP contribution in [0.15, 0.2) is 35.5 Å². The Bertz CT molecular complexity index is 745. The molecule has 1 aromatic carbocycles. The maximum atomic E-state index is 13.9. The second-order valence-corrected chi connectivity index (χ2v) is 6.37. The lowest BCUT2D eigenvalue weighted by Gasteiger charge is -2.15. The molecule has 0 spiro atoms. The van der Waals surface area contributed by atoms with Crippen LogP contribution in [0.1, 0.15) is 17.2 Å². The lowest BCUT2D eigenvalue weighted by Crippen LogP contribution is -2.21. The predicted molar refractivity (Wildman–Crippen MR) is 81.2 cm³/mol. The van der Waals surface area contributed by atoms with Gasteiger partial charge in [0.2, 0.25) is 0 Å². The van der Waals surface area contributed by atoms with Gasteiger partial charge in [-0.05, 0) is 12.1 Å². The molecule has 1 N–H and O–H groups in total. The van der Waals surface area contributed by atoms with Gasteiger partial charge in [-0.3, -0.25) is 4.98 Å². The molecule has 1 atom stereocenters. The molecule has 0 fully saturated rings. The van der Waals surface area contributed by atoms with Crippen LogP contribution >= 0.6 is 23.4 Å². The van der Waals surface area contributed by atoms with Crippen molar-refractivity contribution in [3.05, 3.63) is 46.7 Å². The molecule has 1 aromatic heterocycles. The van der Waals surface area contributed by atoms with Gasteiger partial charge in [0.05, 0.1) is 11.2 Å². The van der Waals surface area contributed by atoms with Crippen molar-refractivity contribution >= 4 is 23.4 Å². The minimum atomic E-state index is -3.32. The normalized spacial score (nSPS) is 18.7. The molecule has 122 valence electrons. The van der Waals surface area contributed by atoms with Crippen LogP contribution < -0.4 is 4.74 Å². The van der Waals surface area contributed by atoms with E-state index in [9.17, 15) is 18.3 Å². The third kappa shape index (κ3) is 3.13. The van der Waals surface area contributed by atoms with Crippen LogP contribution in [0.3, 0.4) is 0 Å². The molecule has 23 heavy (non-hydrogen) atoms. The van der Waals surface area contributed by atoms with Crippen molar-refractivity contribution in [2.45, 2.75) is 23.3 Å². The number of hydrogen-bond acceptors (Lipinski definition) is 4. The SMILES string of the molecule is OC1c2c(SCF)ccc(Oc3cncc(Cl)c3)c2CC1(F)F. The summed E-state index contributed by atoms with van der Waals surface area (Å²) in [6.07, 6.45) is 0.157. The highest BCUT2D eigenvalue weighted by atomic mass is 35.5. The number of hydrogen-bond donors (Lipinski definition) is 1. The average molecular weight is 362 g/mol. The van der Waals surface area contributed by atoms with Crippen LogP contribution in [0, 0.1) is 0 Å². The minimum absolute atomic E-state index is 0.0186. The number of nitrogens with zero attached hydrogens (tertiary/aromatic N) is 1. The number of thioether (sulfide) groups is 1. The molecule has 3 rings (SSSR count). The maximum Gasteiger partial charge on any atom is 0.281 e. The van der Waals surface area contributed by atoms with Crippen molar-refractivity contribution in [2.24, 2.45) is 0 Å². The lowest BCUT2D eigenvalue weighted by atomic mass is 10.1. The Morgan fingerprint density at radius 3 is 2.87 bits per heavy atom. The first-order valence-corrected chi connectivity index (χ1v) is 7.97. The number of aliphatic hydroxyl groups excluding tert-OH is 1. The van der Waals surface area contributed by atoms with E-state index in [-0.39, 0.29) is 27.5 Å². The number of fused-ring (bicyclic) bond motifs is 1. The molecule has 1 aliphatic rings. The van der Waals surface area contributed by atoms with Gasteiger partial charge in [0.1, 0.15) is 23.6 Å². The van der Waals surface area contributed by atoms with E-state index in [0.717, 1.165) is 11.8 Å². The number of alkyl halides is 3. The number of aromatic nitrogens is 1. The second kappa shape index (κ2) is 6.22. The first-order valence-electron chi connectivity index (χ1n) is 6.61. The van der Waals surface area contributed by atoms with Gasteiger partial charge in [0, 0.05) is 34.7 Å². The summed E-state index contributed by atoms with van der Waals surface area (Å²) in [7, 11) is 0. The number of halogens is 4. The summed E-state index contributed by atoms with van der Waals surface area (Å²) in [6, 6.07) is 3.66. The molecule has 8 heteroatoms. The molecular weight excluding hydrogens is 351 g/mol. The molecule has 0 aliphatic heterocycles. The van der Waals surface area contributed by atoms with Gasteiger partial charge in [0.25, 0.3) is 5.92 Å². The van der Waals surface area contributed by atoms with E-state index in [1.54, 1.807) is 0 Å². The molecule has 1 unspecified atom stereocenters. The van der Waals surface area contributed by atoms with Crippen molar-refractivity contribution in [1.29, 1.82) is 0 Å². The van der Waals surface area contributed by atoms with Gasteiger partial charge < -0.3 is 9.84 Å². The van der Waals surface area contributed by atoms with Gasteiger partial charge in [-0.15, -0.1) is 0 Å². The number of ether oxygens (including phenoxy) is 1. The van der Waals surface area contributed by atoms with Crippen molar-refractivity contribution in [1.82, 2.24) is 4.98 Å². The smallest absolute Gasteiger partial charge is 0.281 e. The van der Waals surface area contributed by atoms with E-state index in [1.165, 1.54) is 30.6 Å². The Morgan fingerprint density at radius 1 is 1.39 bits per heavy atom. The number of aliphatic hydroxyl groups is 1. The number of benzene rings is 1. The Balaban J connectivity index is 2.04. The Kier molecular flexibility index (Phi) is 4.44. The predicted octanol–water partition coefficient (Wildman–Crippen LogP) is 4.77. The zero-order chi connectivity index (χ0) is 16.6. The summed E-state index contributed by atoms with van der Waals surface area (Å²) < 4.78 is 46.0. The number of pyridine rings is 1. The maximum absolute atomic E-state index is 13.9. The van der Waals surface area contributed by atoms with Crippen LogP contribution in [-0.4, -0.2) is 22.0 Å². The molecular formula is C15H11ClF3NO2S. The van der Waals surface area contributed by atoms with Crippen LogP contribution in [0.4, 0.5) is 13.2 Å². The third-order valence-corrected chi connectivity index (χ3v) is 4.46. The molecule has 1 aliphatic carbocycles. The Morgan fingerprint density at radius 2 is 2.17 bits per heavy atom. The van der Waals surface area contributed by atoms with E-state index in [0.29, 0.717) is 5.02 Å². The number of rotatable bonds is 4. The molecule has 2 aromatic rings. The van der Waals surface area contributed by atoms with Crippen LogP contribution in [0.25, 0.3) is 0 Å². The molecule has 3 nitrogen and oxygen atoms in total. The van der Waals surface area contributed by atoms with Crippen molar-refractivity contribution < 1.29 is 23.0 Å². The summed E-state index contributed by atoms with van der Waals surface area (Å²) in [5.41, 5.74) is 0.186. The fraction of sp³-hybridized carbons (Fsp3) is 0.267. The summed E-state index contributed by atoms with van der Waals surface area (Å²) in [5, 5.41) is 10.2. The molecule has 0 saturated heterocycles. The van der Waals surface area contributed by atoms with E-state index in [4.69, 9.17) is 16.3 Å². The molecule has 0 bridgehead atoms. The van der Waals surface area contributed by atoms with Gasteiger partial charge in [-0.25, -0.2) is 13.2 Å². The van der Waals surface area contributed by atoms with Gasteiger partial charge in [-0.1, -0.05) is 23.4 Å². The third-order valence-electron chi connectivity index (χ3n) is 3.48. The molecule has 1 heterocycles. The summed E-state index contributed by atoms with van der Waals surface area (Å²) in [6.45, 7) is 0. The summed E-state index contributed by atoms with van der Waals surface area (Å²) in [5.74, 6) is -2.86. The molecule has 0 amide bonds. The van der Waals surface area contributed by atoms with E-state index in [2.05, 4.69) is 4.98 Å². The first kappa shape index (κ1) is 16.4. The quantitative estimate of drug-likeness (QED) is 0.796. The largest absolute Gasteiger partial charge is 0.455 e. The van der Waals surface area contributed by atoms with Gasteiger partial charge in [0.15, 0.2) is 0 Å². The topological polar surface area (TPSA) is 42.4 Å². The van der Waals surface area contributed by atoms with Crippen LogP contribution in [0.2, 0.25) is 5.02 Å². The van der Waals surface area contributed by atoms with E-state index >= 15 is 0 Å². The molecule has 0 saturated carbocycles. The monoisotopic (exact) mass is 361 g/mol. The van der Waals surface area contributed by atoms with Crippen LogP contribution in [0.5, 0.6) is 11.5 Å². The highest BCUT2D eigenvalue weighted by Crippen LogP contribution is 2.50. The standard InChI is InChI=1S/C15H11ClF3NO2S/c16-8-3-9(6-20-5-8)22-11-1-2-12(23-7-17)13-10(11)4-15(18,19)14(13)21/h1-3,5-6,14,21H,4,7H2. The highest BCUT2D eigenvalue weighted by molar-refractivity contribution is 7.99. The average Bonchev–Trinajstić information content (AvgIpc) is 2.73. The van der Waals surface area contributed by atoms with Gasteiger partial charge in [-0.2, -0.15) is 0 Å². The minimum Gasteiger partial charge on any atom is -0.455 e. The highest BCUT2D eigenvalue weighted by Gasteiger charge is 2.49. The molecule has 0 radical (unpaired) electrons. The fourth-order valence-corrected chi connectivity index (χ4v) is 3.34. The van der Waals surface area contributed by atoms with Crippen molar-refractivity contribution in [3.63, 3.8) is 0 Å². The summed E-state index contributed by atoms with van der Waals surface area (Å²) in [4.78, 5) is 4.14. The van der Waals surface area contributed by atoms with Crippen LogP contribution in [-0.2, 0) is 6.42 Å². The van der Waals surface area contributed by atoms with E-state index < -0.39 is 24.5 Å². The van der Waals surface area contributed by atoms with Crippen molar-refractivity contribution in [2.75, 3.05) is 6.01 Å². The fourth-order valence-electron chi connectivity index (χ4n) is 2.50. The van der Waals surface area contributed by atoms with Crippen molar-refractivity contribution in [3.8, 4) is 11.5 Å². The zero-order valence-electron chi connectivity index (χ0n) is 11.6.